The number of rotatable bonds is 3. The summed E-state index contributed by atoms with van der Waals surface area (Å²) in [7, 11) is 0. The third-order valence-corrected chi connectivity index (χ3v) is 2.23. The van der Waals surface area contributed by atoms with E-state index in [4.69, 9.17) is 5.73 Å². The molecule has 2 rings (SSSR count). The van der Waals surface area contributed by atoms with Crippen molar-refractivity contribution in [3.8, 4) is 11.4 Å². The second-order valence-corrected chi connectivity index (χ2v) is 3.25. The zero-order valence-corrected chi connectivity index (χ0v) is 8.59. The van der Waals surface area contributed by atoms with Gasteiger partial charge in [-0.05, 0) is 19.1 Å². The summed E-state index contributed by atoms with van der Waals surface area (Å²) < 4.78 is 2.01. The molecule has 0 spiro atoms. The molecule has 0 aromatic carbocycles. The summed E-state index contributed by atoms with van der Waals surface area (Å²) in [6.45, 7) is 3.24. The number of nitrogens with two attached hydrogens (primary N) is 1. The molecule has 0 radical (unpaired) electrons. The van der Waals surface area contributed by atoms with Crippen molar-refractivity contribution in [3.63, 3.8) is 0 Å². The van der Waals surface area contributed by atoms with E-state index in [1.807, 2.05) is 23.6 Å². The maximum absolute atomic E-state index is 5.55. The molecule has 78 valence electrons. The minimum absolute atomic E-state index is 0.580. The minimum atomic E-state index is 0.580. The summed E-state index contributed by atoms with van der Waals surface area (Å²) >= 11 is 0. The monoisotopic (exact) mass is 203 g/mol. The van der Waals surface area contributed by atoms with Crippen molar-refractivity contribution in [2.75, 3.05) is 6.54 Å². The van der Waals surface area contributed by atoms with Crippen molar-refractivity contribution in [2.45, 2.75) is 13.5 Å². The largest absolute Gasteiger partial charge is 0.329 e. The molecule has 5 nitrogen and oxygen atoms in total. The van der Waals surface area contributed by atoms with Crippen molar-refractivity contribution >= 4 is 0 Å². The Morgan fingerprint density at radius 3 is 2.67 bits per heavy atom. The first-order valence-corrected chi connectivity index (χ1v) is 4.83. The van der Waals surface area contributed by atoms with Gasteiger partial charge in [0, 0.05) is 31.0 Å². The smallest absolute Gasteiger partial charge is 0.164 e. The van der Waals surface area contributed by atoms with Crippen LogP contribution < -0.4 is 5.73 Å². The van der Waals surface area contributed by atoms with Gasteiger partial charge in [0.15, 0.2) is 5.82 Å². The predicted octanol–water partition coefficient (Wildman–Crippen LogP) is 0.607. The van der Waals surface area contributed by atoms with E-state index in [9.17, 15) is 0 Å². The molecule has 0 amide bonds. The molecule has 2 N–H and O–H groups in total. The van der Waals surface area contributed by atoms with Gasteiger partial charge in [0.2, 0.25) is 0 Å². The van der Waals surface area contributed by atoms with Crippen LogP contribution in [0.15, 0.2) is 24.5 Å². The highest BCUT2D eigenvalue weighted by molar-refractivity contribution is 5.54. The van der Waals surface area contributed by atoms with E-state index in [0.717, 1.165) is 23.8 Å². The number of aryl methyl sites for hydroxylation is 1. The molecule has 2 aromatic rings. The Balaban J connectivity index is 2.44. The molecule has 5 heteroatoms. The van der Waals surface area contributed by atoms with E-state index in [2.05, 4.69) is 15.2 Å². The van der Waals surface area contributed by atoms with Gasteiger partial charge in [0.25, 0.3) is 0 Å². The summed E-state index contributed by atoms with van der Waals surface area (Å²) in [6.07, 6.45) is 3.48. The first-order valence-electron chi connectivity index (χ1n) is 4.83. The van der Waals surface area contributed by atoms with Crippen LogP contribution in [0.1, 0.15) is 5.82 Å². The van der Waals surface area contributed by atoms with E-state index in [0.29, 0.717) is 6.54 Å². The molecular formula is C10H13N5. The van der Waals surface area contributed by atoms with Crippen LogP contribution in [0, 0.1) is 6.92 Å². The van der Waals surface area contributed by atoms with Crippen molar-refractivity contribution in [1.29, 1.82) is 0 Å². The summed E-state index contributed by atoms with van der Waals surface area (Å²) in [5.41, 5.74) is 6.56. The molecule has 15 heavy (non-hydrogen) atoms. The maximum atomic E-state index is 5.55. The highest BCUT2D eigenvalue weighted by atomic mass is 15.3. The lowest BCUT2D eigenvalue weighted by atomic mass is 10.2. The normalized spacial score (nSPS) is 10.5. The molecule has 0 fully saturated rings. The van der Waals surface area contributed by atoms with Crippen LogP contribution in [0.3, 0.4) is 0 Å². The van der Waals surface area contributed by atoms with Gasteiger partial charge in [-0.15, -0.1) is 10.2 Å². The Kier molecular flexibility index (Phi) is 2.73. The van der Waals surface area contributed by atoms with E-state index >= 15 is 0 Å². The summed E-state index contributed by atoms with van der Waals surface area (Å²) in [5, 5.41) is 8.18. The second kappa shape index (κ2) is 4.18. The van der Waals surface area contributed by atoms with E-state index in [1.54, 1.807) is 12.4 Å². The average molecular weight is 203 g/mol. The Hall–Kier alpha value is -1.75. The molecule has 0 aliphatic heterocycles. The predicted molar refractivity (Wildman–Crippen MR) is 57.0 cm³/mol. The third kappa shape index (κ3) is 1.87. The molecule has 0 unspecified atom stereocenters. The van der Waals surface area contributed by atoms with Crippen LogP contribution >= 0.6 is 0 Å². The number of nitrogens with zero attached hydrogens (tertiary/aromatic N) is 4. The highest BCUT2D eigenvalue weighted by Crippen LogP contribution is 2.16. The first-order chi connectivity index (χ1) is 7.33. The fourth-order valence-corrected chi connectivity index (χ4v) is 1.49. The quantitative estimate of drug-likeness (QED) is 0.793. The van der Waals surface area contributed by atoms with Crippen LogP contribution in [0.5, 0.6) is 0 Å². The molecular weight excluding hydrogens is 190 g/mol. The topological polar surface area (TPSA) is 69.6 Å². The van der Waals surface area contributed by atoms with Crippen LogP contribution in [0.4, 0.5) is 0 Å². The van der Waals surface area contributed by atoms with E-state index < -0.39 is 0 Å². The Morgan fingerprint density at radius 2 is 2.00 bits per heavy atom. The molecule has 2 heterocycles. The van der Waals surface area contributed by atoms with E-state index in [1.165, 1.54) is 0 Å². The number of aromatic nitrogens is 4. The average Bonchev–Trinajstić information content (AvgIpc) is 2.63. The Bertz CT molecular complexity index is 434. The zero-order valence-electron chi connectivity index (χ0n) is 8.59. The standard InChI is InChI=1S/C10H13N5/c1-8-13-14-10(15(8)7-4-11)9-2-5-12-6-3-9/h2-3,5-6H,4,7,11H2,1H3. The van der Waals surface area contributed by atoms with Gasteiger partial charge in [-0.25, -0.2) is 0 Å². The Labute approximate surface area is 88.0 Å². The SMILES string of the molecule is Cc1nnc(-c2ccncc2)n1CCN. The van der Waals surface area contributed by atoms with Crippen LogP contribution in [0.2, 0.25) is 0 Å². The van der Waals surface area contributed by atoms with Gasteiger partial charge in [0.1, 0.15) is 5.82 Å². The van der Waals surface area contributed by atoms with Gasteiger partial charge >= 0.3 is 0 Å². The lowest BCUT2D eigenvalue weighted by molar-refractivity contribution is 0.690. The molecule has 0 atom stereocenters. The fraction of sp³-hybridized carbons (Fsp3) is 0.300. The number of hydrogen-bond acceptors (Lipinski definition) is 4. The van der Waals surface area contributed by atoms with Crippen molar-refractivity contribution in [2.24, 2.45) is 5.73 Å². The highest BCUT2D eigenvalue weighted by Gasteiger charge is 2.09. The van der Waals surface area contributed by atoms with Gasteiger partial charge in [-0.1, -0.05) is 0 Å². The van der Waals surface area contributed by atoms with Gasteiger partial charge in [-0.3, -0.25) is 4.98 Å². The van der Waals surface area contributed by atoms with Crippen LogP contribution in [0.25, 0.3) is 11.4 Å². The van der Waals surface area contributed by atoms with Crippen molar-refractivity contribution in [3.05, 3.63) is 30.4 Å². The molecule has 0 aliphatic carbocycles. The summed E-state index contributed by atoms with van der Waals surface area (Å²) in [5.74, 6) is 1.73. The fourth-order valence-electron chi connectivity index (χ4n) is 1.49. The number of hydrogen-bond donors (Lipinski definition) is 1. The van der Waals surface area contributed by atoms with E-state index in [-0.39, 0.29) is 0 Å². The maximum Gasteiger partial charge on any atom is 0.164 e. The summed E-state index contributed by atoms with van der Waals surface area (Å²) in [6, 6.07) is 3.83. The molecule has 2 aromatic heterocycles. The number of pyridine rings is 1. The Morgan fingerprint density at radius 1 is 1.27 bits per heavy atom. The van der Waals surface area contributed by atoms with Crippen molar-refractivity contribution < 1.29 is 0 Å². The first kappa shape index (κ1) is 9.79. The molecule has 0 saturated heterocycles. The van der Waals surface area contributed by atoms with Crippen molar-refractivity contribution in [1.82, 2.24) is 19.7 Å². The summed E-state index contributed by atoms with van der Waals surface area (Å²) in [4.78, 5) is 3.97. The minimum Gasteiger partial charge on any atom is -0.329 e. The third-order valence-electron chi connectivity index (χ3n) is 2.23. The van der Waals surface area contributed by atoms with Gasteiger partial charge in [0.05, 0.1) is 0 Å². The lowest BCUT2D eigenvalue weighted by Crippen LogP contribution is -2.12. The second-order valence-electron chi connectivity index (χ2n) is 3.25. The van der Waals surface area contributed by atoms with Crippen LogP contribution in [-0.4, -0.2) is 26.3 Å². The zero-order chi connectivity index (χ0) is 10.7. The van der Waals surface area contributed by atoms with Crippen LogP contribution in [-0.2, 0) is 6.54 Å². The molecule has 0 saturated carbocycles. The molecule has 0 bridgehead atoms. The molecule has 0 aliphatic rings. The van der Waals surface area contributed by atoms with Gasteiger partial charge in [-0.2, -0.15) is 0 Å². The van der Waals surface area contributed by atoms with Gasteiger partial charge < -0.3 is 10.3 Å². The lowest BCUT2D eigenvalue weighted by Gasteiger charge is -2.06.